The number of hydrogen-bond donors (Lipinski definition) is 1. The van der Waals surface area contributed by atoms with Gasteiger partial charge in [-0.3, -0.25) is 4.79 Å². The molecule has 0 unspecified atom stereocenters. The van der Waals surface area contributed by atoms with Gasteiger partial charge >= 0.3 is 0 Å². The fraction of sp³-hybridized carbons (Fsp3) is 0.435. The fourth-order valence-corrected chi connectivity index (χ4v) is 3.95. The van der Waals surface area contributed by atoms with Crippen LogP contribution in [0.1, 0.15) is 23.2 Å². The molecule has 1 N–H and O–H groups in total. The molecule has 2 aromatic rings. The molecule has 1 amide bonds. The lowest BCUT2D eigenvalue weighted by Gasteiger charge is -2.36. The van der Waals surface area contributed by atoms with Crippen LogP contribution in [0.25, 0.3) is 0 Å². The number of hydrogen-bond acceptors (Lipinski definition) is 4. The first-order valence-corrected chi connectivity index (χ1v) is 10.3. The normalized spacial score (nSPS) is 18.1. The van der Waals surface area contributed by atoms with Gasteiger partial charge in [0.25, 0.3) is 5.91 Å². The van der Waals surface area contributed by atoms with E-state index >= 15 is 0 Å². The highest BCUT2D eigenvalue weighted by Crippen LogP contribution is 2.22. The first-order valence-electron chi connectivity index (χ1n) is 10.3. The van der Waals surface area contributed by atoms with E-state index in [0.29, 0.717) is 5.92 Å². The first-order chi connectivity index (χ1) is 13.8. The SMILES string of the molecule is O=C(c1ccccc1)N1CCN(c2ccc(OCC3CCNCC3)cc2)CC1. The largest absolute Gasteiger partial charge is 0.493 e. The molecule has 28 heavy (non-hydrogen) atoms. The average Bonchev–Trinajstić information content (AvgIpc) is 2.79. The fourth-order valence-electron chi connectivity index (χ4n) is 3.95. The number of carbonyl (C=O) groups excluding carboxylic acids is 1. The number of rotatable bonds is 5. The van der Waals surface area contributed by atoms with Crippen molar-refractivity contribution in [3.8, 4) is 5.75 Å². The van der Waals surface area contributed by atoms with Crippen molar-refractivity contribution in [2.45, 2.75) is 12.8 Å². The summed E-state index contributed by atoms with van der Waals surface area (Å²) in [5.74, 6) is 1.73. The van der Waals surface area contributed by atoms with Crippen LogP contribution in [-0.2, 0) is 0 Å². The molecule has 5 nitrogen and oxygen atoms in total. The molecule has 2 aliphatic rings. The van der Waals surface area contributed by atoms with Gasteiger partial charge in [0.2, 0.25) is 0 Å². The van der Waals surface area contributed by atoms with Crippen LogP contribution in [0.4, 0.5) is 5.69 Å². The van der Waals surface area contributed by atoms with E-state index in [-0.39, 0.29) is 5.91 Å². The minimum absolute atomic E-state index is 0.127. The zero-order valence-electron chi connectivity index (χ0n) is 16.3. The van der Waals surface area contributed by atoms with E-state index < -0.39 is 0 Å². The molecule has 0 radical (unpaired) electrons. The molecule has 2 aromatic carbocycles. The average molecular weight is 380 g/mol. The first kappa shape index (κ1) is 18.8. The van der Waals surface area contributed by atoms with Crippen molar-refractivity contribution >= 4 is 11.6 Å². The third-order valence-corrected chi connectivity index (χ3v) is 5.73. The van der Waals surface area contributed by atoms with Crippen LogP contribution in [0.3, 0.4) is 0 Å². The van der Waals surface area contributed by atoms with Crippen molar-refractivity contribution in [2.24, 2.45) is 5.92 Å². The predicted molar refractivity (Wildman–Crippen MR) is 112 cm³/mol. The summed E-state index contributed by atoms with van der Waals surface area (Å²) in [6.45, 7) is 6.23. The maximum atomic E-state index is 12.6. The smallest absolute Gasteiger partial charge is 0.253 e. The Bertz CT molecular complexity index is 749. The van der Waals surface area contributed by atoms with Crippen LogP contribution in [0.15, 0.2) is 54.6 Å². The Balaban J connectivity index is 1.27. The standard InChI is InChI=1S/C23H29N3O2/c27-23(20-4-2-1-3-5-20)26-16-14-25(15-17-26)21-6-8-22(9-7-21)28-18-19-10-12-24-13-11-19/h1-9,19,24H,10-18H2. The van der Waals surface area contributed by atoms with E-state index in [9.17, 15) is 4.79 Å². The van der Waals surface area contributed by atoms with Gasteiger partial charge in [-0.05, 0) is 68.2 Å². The molecule has 0 atom stereocenters. The second kappa shape index (κ2) is 9.11. The van der Waals surface area contributed by atoms with Crippen molar-refractivity contribution in [1.82, 2.24) is 10.2 Å². The predicted octanol–water partition coefficient (Wildman–Crippen LogP) is 3.03. The quantitative estimate of drug-likeness (QED) is 0.867. The summed E-state index contributed by atoms with van der Waals surface area (Å²) >= 11 is 0. The van der Waals surface area contributed by atoms with Gasteiger partial charge in [0, 0.05) is 37.4 Å². The molecule has 2 heterocycles. The highest BCUT2D eigenvalue weighted by Gasteiger charge is 2.22. The molecule has 0 spiro atoms. The zero-order chi connectivity index (χ0) is 19.2. The molecule has 0 bridgehead atoms. The topological polar surface area (TPSA) is 44.8 Å². The van der Waals surface area contributed by atoms with E-state index in [4.69, 9.17) is 4.74 Å². The van der Waals surface area contributed by atoms with Gasteiger partial charge in [0.05, 0.1) is 6.61 Å². The Morgan fingerprint density at radius 2 is 1.61 bits per heavy atom. The Kier molecular flexibility index (Phi) is 6.12. The van der Waals surface area contributed by atoms with Crippen LogP contribution >= 0.6 is 0 Å². The van der Waals surface area contributed by atoms with Crippen LogP contribution in [0, 0.1) is 5.92 Å². The highest BCUT2D eigenvalue weighted by atomic mass is 16.5. The Hall–Kier alpha value is -2.53. The molecule has 148 valence electrons. The molecule has 0 aliphatic carbocycles. The van der Waals surface area contributed by atoms with Gasteiger partial charge in [-0.15, -0.1) is 0 Å². The number of nitrogens with one attached hydrogen (secondary N) is 1. The summed E-state index contributed by atoms with van der Waals surface area (Å²) in [6.07, 6.45) is 2.40. The molecule has 0 saturated carbocycles. The minimum Gasteiger partial charge on any atom is -0.493 e. The lowest BCUT2D eigenvalue weighted by atomic mass is 9.99. The number of anilines is 1. The van der Waals surface area contributed by atoms with Crippen molar-refractivity contribution in [2.75, 3.05) is 50.8 Å². The third-order valence-electron chi connectivity index (χ3n) is 5.73. The summed E-state index contributed by atoms with van der Waals surface area (Å²) in [6, 6.07) is 17.9. The van der Waals surface area contributed by atoms with E-state index in [1.807, 2.05) is 35.2 Å². The lowest BCUT2D eigenvalue weighted by Crippen LogP contribution is -2.48. The Morgan fingerprint density at radius 3 is 2.29 bits per heavy atom. The van der Waals surface area contributed by atoms with Crippen molar-refractivity contribution in [1.29, 1.82) is 0 Å². The number of benzene rings is 2. The molecule has 0 aromatic heterocycles. The number of piperidine rings is 1. The highest BCUT2D eigenvalue weighted by molar-refractivity contribution is 5.94. The molecule has 4 rings (SSSR count). The van der Waals surface area contributed by atoms with Gasteiger partial charge in [-0.25, -0.2) is 0 Å². The maximum absolute atomic E-state index is 12.6. The molecule has 5 heteroatoms. The second-order valence-corrected chi connectivity index (χ2v) is 7.64. The summed E-state index contributed by atoms with van der Waals surface area (Å²) in [7, 11) is 0. The third kappa shape index (κ3) is 4.65. The van der Waals surface area contributed by atoms with Crippen molar-refractivity contribution in [3.63, 3.8) is 0 Å². The summed E-state index contributed by atoms with van der Waals surface area (Å²) in [4.78, 5) is 16.9. The number of ether oxygens (including phenoxy) is 1. The lowest BCUT2D eigenvalue weighted by molar-refractivity contribution is 0.0747. The van der Waals surface area contributed by atoms with Crippen LogP contribution in [-0.4, -0.2) is 56.7 Å². The van der Waals surface area contributed by atoms with Gasteiger partial charge in [0.15, 0.2) is 0 Å². The zero-order valence-corrected chi connectivity index (χ0v) is 16.3. The van der Waals surface area contributed by atoms with Gasteiger partial charge in [-0.1, -0.05) is 18.2 Å². The van der Waals surface area contributed by atoms with E-state index in [0.717, 1.165) is 57.2 Å². The van der Waals surface area contributed by atoms with Gasteiger partial charge in [-0.2, -0.15) is 0 Å². The number of nitrogens with zero attached hydrogens (tertiary/aromatic N) is 2. The van der Waals surface area contributed by atoms with Crippen molar-refractivity contribution in [3.05, 3.63) is 60.2 Å². The molecular formula is C23H29N3O2. The van der Waals surface area contributed by atoms with E-state index in [2.05, 4.69) is 34.5 Å². The van der Waals surface area contributed by atoms with Gasteiger partial charge in [0.1, 0.15) is 5.75 Å². The number of piperazine rings is 1. The molecule has 2 aliphatic heterocycles. The summed E-state index contributed by atoms with van der Waals surface area (Å²) < 4.78 is 5.99. The van der Waals surface area contributed by atoms with Crippen LogP contribution in [0.5, 0.6) is 5.75 Å². The summed E-state index contributed by atoms with van der Waals surface area (Å²) in [5, 5.41) is 3.39. The van der Waals surface area contributed by atoms with Crippen LogP contribution < -0.4 is 15.0 Å². The molecular weight excluding hydrogens is 350 g/mol. The minimum atomic E-state index is 0.127. The van der Waals surface area contributed by atoms with Crippen LogP contribution in [0.2, 0.25) is 0 Å². The Morgan fingerprint density at radius 1 is 0.929 bits per heavy atom. The number of carbonyl (C=O) groups is 1. The Labute approximate surface area is 167 Å². The van der Waals surface area contributed by atoms with E-state index in [1.165, 1.54) is 18.5 Å². The van der Waals surface area contributed by atoms with E-state index in [1.54, 1.807) is 0 Å². The summed E-state index contributed by atoms with van der Waals surface area (Å²) in [5.41, 5.74) is 1.97. The van der Waals surface area contributed by atoms with Crippen molar-refractivity contribution < 1.29 is 9.53 Å². The molecule has 2 saturated heterocycles. The monoisotopic (exact) mass is 379 g/mol. The van der Waals surface area contributed by atoms with Gasteiger partial charge < -0.3 is 19.9 Å². The second-order valence-electron chi connectivity index (χ2n) is 7.64. The number of amides is 1. The molecule has 2 fully saturated rings. The maximum Gasteiger partial charge on any atom is 0.253 e.